The monoisotopic (exact) mass is 427 g/mol. The number of rotatable bonds is 6. The lowest BCUT2D eigenvalue weighted by molar-refractivity contribution is -0.149. The summed E-state index contributed by atoms with van der Waals surface area (Å²) < 4.78 is 31.8. The molecule has 8 heteroatoms. The molecule has 3 atom stereocenters. The summed E-state index contributed by atoms with van der Waals surface area (Å²) in [7, 11) is -3.86. The zero-order valence-corrected chi connectivity index (χ0v) is 16.9. The van der Waals surface area contributed by atoms with E-state index in [9.17, 15) is 13.2 Å². The van der Waals surface area contributed by atoms with Gasteiger partial charge in [-0.2, -0.15) is 0 Å². The van der Waals surface area contributed by atoms with E-state index >= 15 is 0 Å². The van der Waals surface area contributed by atoms with Crippen molar-refractivity contribution in [3.63, 3.8) is 0 Å². The van der Waals surface area contributed by atoms with Crippen molar-refractivity contribution in [1.82, 2.24) is 0 Å². The maximum atomic E-state index is 13.3. The molecule has 1 aliphatic rings. The van der Waals surface area contributed by atoms with Crippen LogP contribution in [-0.4, -0.2) is 32.8 Å². The molecule has 1 aliphatic carbocycles. The van der Waals surface area contributed by atoms with Gasteiger partial charge in [0, 0.05) is 22.5 Å². The molecular formula is C19H19Cl2NO4S. The van der Waals surface area contributed by atoms with Crippen molar-refractivity contribution in [2.24, 2.45) is 11.1 Å². The predicted octanol–water partition coefficient (Wildman–Crippen LogP) is 3.44. The molecule has 0 spiro atoms. The van der Waals surface area contributed by atoms with Crippen LogP contribution in [0.1, 0.15) is 18.4 Å². The van der Waals surface area contributed by atoms with Crippen LogP contribution >= 0.6 is 23.2 Å². The minimum atomic E-state index is -3.86. The van der Waals surface area contributed by atoms with Gasteiger partial charge < -0.3 is 10.5 Å². The van der Waals surface area contributed by atoms with Gasteiger partial charge in [0.2, 0.25) is 0 Å². The molecule has 0 bridgehead atoms. The maximum Gasteiger partial charge on any atom is 0.315 e. The summed E-state index contributed by atoms with van der Waals surface area (Å²) in [5.41, 5.74) is 5.23. The van der Waals surface area contributed by atoms with E-state index in [0.717, 1.165) is 0 Å². The van der Waals surface area contributed by atoms with E-state index in [1.54, 1.807) is 31.2 Å². The summed E-state index contributed by atoms with van der Waals surface area (Å²) in [5, 5.41) is -0.155. The van der Waals surface area contributed by atoms with Gasteiger partial charge >= 0.3 is 5.97 Å². The molecule has 2 aromatic carbocycles. The van der Waals surface area contributed by atoms with Crippen LogP contribution in [0.25, 0.3) is 0 Å². The first-order valence-corrected chi connectivity index (χ1v) is 10.7. The Bertz CT molecular complexity index is 962. The van der Waals surface area contributed by atoms with E-state index in [0.29, 0.717) is 15.6 Å². The van der Waals surface area contributed by atoms with E-state index < -0.39 is 32.4 Å². The van der Waals surface area contributed by atoms with Crippen LogP contribution in [0.15, 0.2) is 53.4 Å². The Morgan fingerprint density at radius 3 is 2.37 bits per heavy atom. The lowest BCUT2D eigenvalue weighted by Gasteiger charge is -2.14. The summed E-state index contributed by atoms with van der Waals surface area (Å²) in [4.78, 5) is 12.8. The zero-order valence-electron chi connectivity index (χ0n) is 14.6. The second-order valence-corrected chi connectivity index (χ2v) is 9.36. The minimum Gasteiger partial charge on any atom is -0.465 e. The molecule has 0 saturated heterocycles. The van der Waals surface area contributed by atoms with Crippen molar-refractivity contribution in [3.8, 4) is 0 Å². The Hall–Kier alpha value is -1.60. The standard InChI is InChI=1S/C19H19Cl2NO4S/c1-2-26-18(23)19(11-22)16(12-4-3-5-14(21)10-12)17(19)27(24,25)15-8-6-13(20)7-9-15/h3-10,16-17H,2,11,22H2,1H3/t16-,17+,19+/m1/s1. The average molecular weight is 428 g/mol. The minimum absolute atomic E-state index is 0.0866. The van der Waals surface area contributed by atoms with Crippen molar-refractivity contribution < 1.29 is 17.9 Å². The number of halogens is 2. The highest BCUT2D eigenvalue weighted by Crippen LogP contribution is 2.64. The number of hydrogen-bond acceptors (Lipinski definition) is 5. The summed E-state index contributed by atoms with van der Waals surface area (Å²) in [6, 6.07) is 12.7. The van der Waals surface area contributed by atoms with E-state index in [-0.39, 0.29) is 18.0 Å². The van der Waals surface area contributed by atoms with E-state index in [4.69, 9.17) is 33.7 Å². The van der Waals surface area contributed by atoms with Gasteiger partial charge in [0.15, 0.2) is 9.84 Å². The topological polar surface area (TPSA) is 86.5 Å². The van der Waals surface area contributed by atoms with Crippen molar-refractivity contribution >= 4 is 39.0 Å². The number of sulfone groups is 1. The van der Waals surface area contributed by atoms with Gasteiger partial charge in [0.25, 0.3) is 0 Å². The van der Waals surface area contributed by atoms with Gasteiger partial charge in [-0.15, -0.1) is 0 Å². The van der Waals surface area contributed by atoms with Crippen LogP contribution in [-0.2, 0) is 19.4 Å². The predicted molar refractivity (Wildman–Crippen MR) is 105 cm³/mol. The Balaban J connectivity index is 2.12. The Morgan fingerprint density at radius 1 is 1.15 bits per heavy atom. The lowest BCUT2D eigenvalue weighted by Crippen LogP contribution is -2.33. The number of carbonyl (C=O) groups excluding carboxylic acids is 1. The van der Waals surface area contributed by atoms with Gasteiger partial charge in [-0.05, 0) is 48.9 Å². The van der Waals surface area contributed by atoms with Crippen LogP contribution in [0.3, 0.4) is 0 Å². The molecule has 3 rings (SSSR count). The fraction of sp³-hybridized carbons (Fsp3) is 0.316. The first-order valence-electron chi connectivity index (χ1n) is 8.41. The maximum absolute atomic E-state index is 13.3. The zero-order chi connectivity index (χ0) is 19.8. The molecule has 27 heavy (non-hydrogen) atoms. The Morgan fingerprint density at radius 2 is 1.81 bits per heavy atom. The third-order valence-corrected chi connectivity index (χ3v) is 7.71. The summed E-state index contributed by atoms with van der Waals surface area (Å²) in [5.74, 6) is -1.25. The quantitative estimate of drug-likeness (QED) is 0.713. The van der Waals surface area contributed by atoms with Gasteiger partial charge in [0.1, 0.15) is 5.41 Å². The van der Waals surface area contributed by atoms with E-state index in [1.165, 1.54) is 24.3 Å². The summed E-state index contributed by atoms with van der Waals surface area (Å²) >= 11 is 11.9. The van der Waals surface area contributed by atoms with Gasteiger partial charge in [-0.25, -0.2) is 8.42 Å². The molecule has 5 nitrogen and oxygen atoms in total. The Kier molecular flexibility index (Phi) is 5.54. The molecule has 0 amide bonds. The van der Waals surface area contributed by atoms with Gasteiger partial charge in [-0.1, -0.05) is 35.3 Å². The van der Waals surface area contributed by atoms with Crippen LogP contribution < -0.4 is 5.73 Å². The molecule has 1 saturated carbocycles. The highest BCUT2D eigenvalue weighted by atomic mass is 35.5. The second-order valence-electron chi connectivity index (χ2n) is 6.42. The van der Waals surface area contributed by atoms with Crippen molar-refractivity contribution in [3.05, 3.63) is 64.1 Å². The molecule has 0 aliphatic heterocycles. The lowest BCUT2D eigenvalue weighted by atomic mass is 9.99. The van der Waals surface area contributed by atoms with Crippen molar-refractivity contribution in [1.29, 1.82) is 0 Å². The second kappa shape index (κ2) is 7.43. The molecule has 2 N–H and O–H groups in total. The number of carbonyl (C=O) groups is 1. The molecule has 0 radical (unpaired) electrons. The SMILES string of the molecule is CCOC(=O)[C@@]1(CN)[C@H](c2cccc(Cl)c2)[C@@H]1S(=O)(=O)c1ccc(Cl)cc1. The van der Waals surface area contributed by atoms with Crippen molar-refractivity contribution in [2.75, 3.05) is 13.2 Å². The van der Waals surface area contributed by atoms with Crippen molar-refractivity contribution in [2.45, 2.75) is 23.0 Å². The first-order chi connectivity index (χ1) is 12.8. The molecule has 2 aromatic rings. The largest absolute Gasteiger partial charge is 0.465 e. The van der Waals surface area contributed by atoms with E-state index in [2.05, 4.69) is 0 Å². The van der Waals surface area contributed by atoms with Crippen LogP contribution in [0.2, 0.25) is 10.0 Å². The van der Waals surface area contributed by atoms with Gasteiger partial charge in [-0.3, -0.25) is 4.79 Å². The van der Waals surface area contributed by atoms with Crippen LogP contribution in [0.5, 0.6) is 0 Å². The molecule has 0 heterocycles. The molecular weight excluding hydrogens is 409 g/mol. The molecule has 1 fully saturated rings. The highest BCUT2D eigenvalue weighted by Gasteiger charge is 2.75. The third kappa shape index (κ3) is 3.36. The third-order valence-electron chi connectivity index (χ3n) is 4.93. The number of nitrogens with two attached hydrogens (primary N) is 1. The normalized spacial score (nSPS) is 24.4. The summed E-state index contributed by atoms with van der Waals surface area (Å²) in [6.45, 7) is 1.65. The Labute approximate surface area is 168 Å². The van der Waals surface area contributed by atoms with Crippen LogP contribution in [0, 0.1) is 5.41 Å². The number of ether oxygens (including phenoxy) is 1. The fourth-order valence-corrected chi connectivity index (χ4v) is 6.34. The number of hydrogen-bond donors (Lipinski definition) is 1. The first kappa shape index (κ1) is 20.1. The fourth-order valence-electron chi connectivity index (χ4n) is 3.64. The van der Waals surface area contributed by atoms with Crippen LogP contribution in [0.4, 0.5) is 0 Å². The number of esters is 1. The average Bonchev–Trinajstić information content (AvgIpc) is 3.34. The smallest absolute Gasteiger partial charge is 0.315 e. The molecule has 0 aromatic heterocycles. The van der Waals surface area contributed by atoms with Gasteiger partial charge in [0.05, 0.1) is 16.8 Å². The summed E-state index contributed by atoms with van der Waals surface area (Å²) in [6.07, 6.45) is 0. The molecule has 0 unspecified atom stereocenters. The molecule has 144 valence electrons. The number of benzene rings is 2. The van der Waals surface area contributed by atoms with E-state index in [1.807, 2.05) is 0 Å². The highest BCUT2D eigenvalue weighted by molar-refractivity contribution is 7.92.